The monoisotopic (exact) mass is 278 g/mol. The number of rotatable bonds is 5. The summed E-state index contributed by atoms with van der Waals surface area (Å²) in [7, 11) is 0. The maximum Gasteiger partial charge on any atom is 0.311 e. The lowest BCUT2D eigenvalue weighted by molar-refractivity contribution is -0.146. The third-order valence-corrected chi connectivity index (χ3v) is 3.52. The Morgan fingerprint density at radius 1 is 0.800 bits per heavy atom. The van der Waals surface area contributed by atoms with Crippen molar-refractivity contribution in [3.8, 4) is 0 Å². The first kappa shape index (κ1) is 14.8. The third kappa shape index (κ3) is 5.19. The van der Waals surface area contributed by atoms with E-state index in [1.54, 1.807) is 0 Å². The van der Waals surface area contributed by atoms with E-state index >= 15 is 0 Å². The van der Waals surface area contributed by atoms with Crippen LogP contribution in [0.15, 0.2) is 23.7 Å². The molecule has 4 nitrogen and oxygen atoms in total. The highest BCUT2D eigenvalue weighted by molar-refractivity contribution is 5.78. The smallest absolute Gasteiger partial charge is 0.311 e. The molecule has 2 rings (SSSR count). The van der Waals surface area contributed by atoms with Gasteiger partial charge in [0.15, 0.2) is 0 Å². The van der Waals surface area contributed by atoms with Crippen molar-refractivity contribution in [1.29, 1.82) is 0 Å². The van der Waals surface area contributed by atoms with Crippen LogP contribution >= 0.6 is 0 Å². The Morgan fingerprint density at radius 3 is 1.60 bits per heavy atom. The Kier molecular flexibility index (Phi) is 5.84. The fourth-order valence-electron chi connectivity index (χ4n) is 2.40. The summed E-state index contributed by atoms with van der Waals surface area (Å²) in [5, 5.41) is 0. The maximum atomic E-state index is 11.6. The molecule has 0 spiro atoms. The Labute approximate surface area is 119 Å². The van der Waals surface area contributed by atoms with Gasteiger partial charge in [-0.3, -0.25) is 9.59 Å². The highest BCUT2D eigenvalue weighted by Gasteiger charge is 2.14. The highest BCUT2D eigenvalue weighted by atomic mass is 16.5. The van der Waals surface area contributed by atoms with E-state index in [0.717, 1.165) is 62.9 Å². The predicted octanol–water partition coefficient (Wildman–Crippen LogP) is 3.77. The quantitative estimate of drug-likeness (QED) is 0.718. The number of esters is 2. The lowest BCUT2D eigenvalue weighted by Crippen LogP contribution is -2.11. The van der Waals surface area contributed by atoms with Crippen molar-refractivity contribution in [3.63, 3.8) is 0 Å². The summed E-state index contributed by atoms with van der Waals surface area (Å²) in [4.78, 5) is 23.2. The molecular weight excluding hydrogens is 256 g/mol. The minimum absolute atomic E-state index is 0.0868. The Morgan fingerprint density at radius 2 is 1.25 bits per heavy atom. The summed E-state index contributed by atoms with van der Waals surface area (Å²) < 4.78 is 10.5. The van der Waals surface area contributed by atoms with Gasteiger partial charge in [-0.1, -0.05) is 0 Å². The fourth-order valence-corrected chi connectivity index (χ4v) is 2.40. The molecule has 0 unspecified atom stereocenters. The standard InChI is InChI=1S/C16H22O4/c17-15(19-13-7-3-1-4-8-13)11-12-16(18)20-14-9-5-2-6-10-14/h7,9H,1-6,8,10-12H2. The highest BCUT2D eigenvalue weighted by Crippen LogP contribution is 2.20. The van der Waals surface area contributed by atoms with Crippen molar-refractivity contribution in [2.24, 2.45) is 0 Å². The van der Waals surface area contributed by atoms with E-state index in [0.29, 0.717) is 0 Å². The zero-order valence-corrected chi connectivity index (χ0v) is 11.9. The van der Waals surface area contributed by atoms with Crippen molar-refractivity contribution >= 4 is 11.9 Å². The number of ether oxygens (including phenoxy) is 2. The second-order valence-electron chi connectivity index (χ2n) is 5.28. The van der Waals surface area contributed by atoms with Crippen LogP contribution in [-0.2, 0) is 19.1 Å². The molecule has 0 heterocycles. The van der Waals surface area contributed by atoms with Crippen LogP contribution in [0.1, 0.15) is 64.2 Å². The van der Waals surface area contributed by atoms with E-state index < -0.39 is 0 Å². The van der Waals surface area contributed by atoms with Crippen molar-refractivity contribution in [3.05, 3.63) is 23.7 Å². The molecule has 2 aliphatic carbocycles. The van der Waals surface area contributed by atoms with Crippen LogP contribution in [0.3, 0.4) is 0 Å². The molecule has 2 aliphatic rings. The number of carbonyl (C=O) groups is 2. The summed E-state index contributed by atoms with van der Waals surface area (Å²) in [5.74, 6) is 0.828. The Bertz CT molecular complexity index is 380. The molecule has 0 aromatic carbocycles. The normalized spacial score (nSPS) is 18.8. The summed E-state index contributed by atoms with van der Waals surface area (Å²) in [6.07, 6.45) is 12.1. The van der Waals surface area contributed by atoms with Crippen LogP contribution in [-0.4, -0.2) is 11.9 Å². The molecule has 0 N–H and O–H groups in total. The zero-order chi connectivity index (χ0) is 14.2. The van der Waals surface area contributed by atoms with Gasteiger partial charge in [-0.25, -0.2) is 0 Å². The molecule has 0 atom stereocenters. The van der Waals surface area contributed by atoms with Gasteiger partial charge in [-0.15, -0.1) is 0 Å². The molecular formula is C16H22O4. The van der Waals surface area contributed by atoms with E-state index in [9.17, 15) is 9.59 Å². The maximum absolute atomic E-state index is 11.6. The van der Waals surface area contributed by atoms with E-state index in [4.69, 9.17) is 9.47 Å². The van der Waals surface area contributed by atoms with Gasteiger partial charge in [0.1, 0.15) is 11.5 Å². The van der Waals surface area contributed by atoms with Gasteiger partial charge in [0, 0.05) is 12.8 Å². The molecule has 110 valence electrons. The molecule has 0 fully saturated rings. The molecule has 0 radical (unpaired) electrons. The Hall–Kier alpha value is -1.58. The first-order valence-corrected chi connectivity index (χ1v) is 7.53. The predicted molar refractivity (Wildman–Crippen MR) is 74.5 cm³/mol. The van der Waals surface area contributed by atoms with Crippen LogP contribution in [0.2, 0.25) is 0 Å². The molecule has 20 heavy (non-hydrogen) atoms. The van der Waals surface area contributed by atoms with Gasteiger partial charge in [0.05, 0.1) is 12.8 Å². The third-order valence-electron chi connectivity index (χ3n) is 3.52. The Balaban J connectivity index is 1.66. The molecule has 0 aliphatic heterocycles. The lowest BCUT2D eigenvalue weighted by atomic mass is 10.1. The van der Waals surface area contributed by atoms with Gasteiger partial charge >= 0.3 is 11.9 Å². The van der Waals surface area contributed by atoms with Crippen molar-refractivity contribution in [2.45, 2.75) is 64.2 Å². The number of hydrogen-bond donors (Lipinski definition) is 0. The van der Waals surface area contributed by atoms with Gasteiger partial charge < -0.3 is 9.47 Å². The van der Waals surface area contributed by atoms with Gasteiger partial charge in [-0.2, -0.15) is 0 Å². The van der Waals surface area contributed by atoms with Crippen LogP contribution in [0.4, 0.5) is 0 Å². The van der Waals surface area contributed by atoms with E-state index in [2.05, 4.69) is 0 Å². The summed E-state index contributed by atoms with van der Waals surface area (Å²) in [6, 6.07) is 0. The van der Waals surface area contributed by atoms with Crippen molar-refractivity contribution in [2.75, 3.05) is 0 Å². The molecule has 0 aromatic heterocycles. The minimum atomic E-state index is -0.340. The summed E-state index contributed by atoms with van der Waals surface area (Å²) in [6.45, 7) is 0. The van der Waals surface area contributed by atoms with Crippen LogP contribution in [0, 0.1) is 0 Å². The molecule has 0 saturated carbocycles. The first-order chi connectivity index (χ1) is 9.74. The fraction of sp³-hybridized carbons (Fsp3) is 0.625. The van der Waals surface area contributed by atoms with Gasteiger partial charge in [-0.05, 0) is 50.7 Å². The lowest BCUT2D eigenvalue weighted by Gasteiger charge is -2.13. The number of carbonyl (C=O) groups excluding carboxylic acids is 2. The van der Waals surface area contributed by atoms with E-state index in [-0.39, 0.29) is 24.8 Å². The second kappa shape index (κ2) is 7.88. The summed E-state index contributed by atoms with van der Waals surface area (Å²) >= 11 is 0. The molecule has 0 aromatic rings. The molecule has 0 amide bonds. The zero-order valence-electron chi connectivity index (χ0n) is 11.9. The average molecular weight is 278 g/mol. The van der Waals surface area contributed by atoms with Crippen LogP contribution in [0.5, 0.6) is 0 Å². The number of hydrogen-bond acceptors (Lipinski definition) is 4. The molecule has 0 bridgehead atoms. The van der Waals surface area contributed by atoms with Gasteiger partial charge in [0.25, 0.3) is 0 Å². The summed E-state index contributed by atoms with van der Waals surface area (Å²) in [5.41, 5.74) is 0. The van der Waals surface area contributed by atoms with E-state index in [1.807, 2.05) is 12.2 Å². The molecule has 4 heteroatoms. The largest absolute Gasteiger partial charge is 0.431 e. The van der Waals surface area contributed by atoms with Crippen molar-refractivity contribution < 1.29 is 19.1 Å². The second-order valence-corrected chi connectivity index (χ2v) is 5.28. The van der Waals surface area contributed by atoms with Crippen LogP contribution in [0.25, 0.3) is 0 Å². The van der Waals surface area contributed by atoms with E-state index in [1.165, 1.54) is 0 Å². The minimum Gasteiger partial charge on any atom is -0.431 e. The first-order valence-electron chi connectivity index (χ1n) is 7.53. The van der Waals surface area contributed by atoms with Crippen LogP contribution < -0.4 is 0 Å². The van der Waals surface area contributed by atoms with Gasteiger partial charge in [0.2, 0.25) is 0 Å². The molecule has 0 saturated heterocycles. The average Bonchev–Trinajstić information content (AvgIpc) is 2.47. The number of allylic oxidation sites excluding steroid dienone is 4. The SMILES string of the molecule is O=C(CCC(=O)OC1=CCCCC1)OC1=CCCCC1. The topological polar surface area (TPSA) is 52.6 Å². The van der Waals surface area contributed by atoms with Crippen molar-refractivity contribution in [1.82, 2.24) is 0 Å².